The van der Waals surface area contributed by atoms with Gasteiger partial charge in [-0.1, -0.05) is 109 Å². The summed E-state index contributed by atoms with van der Waals surface area (Å²) >= 11 is 0. The zero-order valence-electron chi connectivity index (χ0n) is 30.8. The summed E-state index contributed by atoms with van der Waals surface area (Å²) in [6.07, 6.45) is 1.31. The van der Waals surface area contributed by atoms with Gasteiger partial charge in [0.2, 0.25) is 0 Å². The van der Waals surface area contributed by atoms with Gasteiger partial charge < -0.3 is 10.2 Å². The topological polar surface area (TPSA) is 133 Å². The van der Waals surface area contributed by atoms with E-state index in [1.165, 1.54) is 0 Å². The molecule has 0 fully saturated rings. The van der Waals surface area contributed by atoms with Crippen LogP contribution in [0.15, 0.2) is 118 Å². The van der Waals surface area contributed by atoms with Gasteiger partial charge in [-0.3, -0.25) is 0 Å². The van der Waals surface area contributed by atoms with Crippen molar-refractivity contribution >= 4 is 31.5 Å². The number of aliphatic hydroxyl groups excluding tert-OH is 2. The lowest BCUT2D eigenvalue weighted by Crippen LogP contribution is -2.33. The van der Waals surface area contributed by atoms with E-state index in [4.69, 9.17) is 0 Å². The lowest BCUT2D eigenvalue weighted by Gasteiger charge is -2.31. The maximum Gasteiger partial charge on any atom is 0.258 e. The normalized spacial score (nSPS) is 20.6. The van der Waals surface area contributed by atoms with Crippen LogP contribution in [-0.4, -0.2) is 48.0 Å². The second-order valence-electron chi connectivity index (χ2n) is 15.4. The Morgan fingerprint density at radius 2 is 0.827 bits per heavy atom. The molecule has 0 amide bonds. The molecular formula is C42H50N2O6S2. The summed E-state index contributed by atoms with van der Waals surface area (Å²) in [7, 11) is -7.42. The highest BCUT2D eigenvalue weighted by atomic mass is 32.2. The van der Waals surface area contributed by atoms with E-state index in [1.54, 1.807) is 41.5 Å². The van der Waals surface area contributed by atoms with E-state index < -0.39 is 41.7 Å². The van der Waals surface area contributed by atoms with E-state index in [1.807, 2.05) is 109 Å². The van der Waals surface area contributed by atoms with Gasteiger partial charge in [-0.25, -0.2) is 16.8 Å². The summed E-state index contributed by atoms with van der Waals surface area (Å²) in [4.78, 5) is 0. The van der Waals surface area contributed by atoms with Crippen LogP contribution in [0, 0.1) is 11.8 Å². The van der Waals surface area contributed by atoms with E-state index in [-0.39, 0.29) is 11.8 Å². The molecule has 0 aliphatic heterocycles. The van der Waals surface area contributed by atoms with Crippen molar-refractivity contribution in [1.82, 2.24) is 0 Å². The molecular weight excluding hydrogens is 693 g/mol. The Bertz CT molecular complexity index is 1980. The molecule has 0 aromatic heterocycles. The highest BCUT2D eigenvalue weighted by molar-refractivity contribution is 7.91. The van der Waals surface area contributed by atoms with Gasteiger partial charge in [0.1, 0.15) is 0 Å². The molecule has 10 heteroatoms. The van der Waals surface area contributed by atoms with Crippen molar-refractivity contribution < 1.29 is 27.0 Å². The third-order valence-corrected chi connectivity index (χ3v) is 13.7. The van der Waals surface area contributed by atoms with Crippen molar-refractivity contribution in [2.75, 3.05) is 0 Å². The number of sulfonamides is 2. The summed E-state index contributed by atoms with van der Waals surface area (Å²) < 4.78 is 57.6. The van der Waals surface area contributed by atoms with Crippen LogP contribution >= 0.6 is 0 Å². The van der Waals surface area contributed by atoms with Crippen molar-refractivity contribution in [2.45, 2.75) is 88.9 Å². The smallest absolute Gasteiger partial charge is 0.258 e. The van der Waals surface area contributed by atoms with Crippen LogP contribution in [0.1, 0.15) is 100.0 Å². The molecule has 4 atom stereocenters. The molecule has 0 heterocycles. The number of aryl methyl sites for hydroxylation is 2. The Morgan fingerprint density at radius 3 is 1.15 bits per heavy atom. The minimum Gasteiger partial charge on any atom is -0.388 e. The van der Waals surface area contributed by atoms with Crippen molar-refractivity contribution in [1.29, 1.82) is 0 Å². The van der Waals surface area contributed by atoms with E-state index in [0.29, 0.717) is 24.3 Å². The third kappa shape index (κ3) is 8.63. The Hall–Kier alpha value is -3.96. The molecule has 276 valence electrons. The van der Waals surface area contributed by atoms with Gasteiger partial charge in [0, 0.05) is 23.0 Å². The molecule has 0 radical (unpaired) electrons. The summed E-state index contributed by atoms with van der Waals surface area (Å²) in [6, 6.07) is 34.2. The lowest BCUT2D eigenvalue weighted by molar-refractivity contribution is 0.134. The standard InChI is InChI=1S/2C21H25NO3S/c2*1-21(2,3)26(24,25)22-19-17-12-8-7-9-15(17)13-14-18(19)20(23)16-10-5-4-6-11-16/h2*4-12,18,20,23H,13-14H2,1-3H3/b2*22-19-/t2*18-,20+/m10/s1. The summed E-state index contributed by atoms with van der Waals surface area (Å²) in [5, 5.41) is 21.9. The Morgan fingerprint density at radius 1 is 0.519 bits per heavy atom. The van der Waals surface area contributed by atoms with Gasteiger partial charge >= 0.3 is 0 Å². The monoisotopic (exact) mass is 742 g/mol. The number of fused-ring (bicyclic) bond motifs is 2. The predicted molar refractivity (Wildman–Crippen MR) is 210 cm³/mol. The maximum atomic E-state index is 12.8. The first-order chi connectivity index (χ1) is 24.4. The molecule has 4 aromatic carbocycles. The minimum atomic E-state index is -3.71. The van der Waals surface area contributed by atoms with Crippen molar-refractivity contribution in [3.05, 3.63) is 143 Å². The molecule has 6 rings (SSSR count). The van der Waals surface area contributed by atoms with Crippen LogP contribution in [0.3, 0.4) is 0 Å². The number of hydrogen-bond donors (Lipinski definition) is 2. The van der Waals surface area contributed by atoms with Crippen LogP contribution < -0.4 is 0 Å². The molecule has 0 saturated carbocycles. The van der Waals surface area contributed by atoms with Crippen LogP contribution in [0.5, 0.6) is 0 Å². The summed E-state index contributed by atoms with van der Waals surface area (Å²) in [6.45, 7) is 9.86. The van der Waals surface area contributed by atoms with Gasteiger partial charge in [-0.05, 0) is 89.5 Å². The molecule has 0 saturated heterocycles. The fourth-order valence-electron chi connectivity index (χ4n) is 6.42. The predicted octanol–water partition coefficient (Wildman–Crippen LogP) is 7.80. The van der Waals surface area contributed by atoms with Gasteiger partial charge in [0.15, 0.2) is 0 Å². The van der Waals surface area contributed by atoms with Crippen LogP contribution in [0.4, 0.5) is 0 Å². The quantitative estimate of drug-likeness (QED) is 0.207. The van der Waals surface area contributed by atoms with Crippen LogP contribution in [0.2, 0.25) is 0 Å². The number of benzene rings is 4. The molecule has 2 aliphatic carbocycles. The molecule has 0 unspecified atom stereocenters. The van der Waals surface area contributed by atoms with Gasteiger partial charge in [-0.15, -0.1) is 0 Å². The molecule has 2 N–H and O–H groups in total. The van der Waals surface area contributed by atoms with Gasteiger partial charge in [0.25, 0.3) is 20.0 Å². The second-order valence-corrected chi connectivity index (χ2v) is 20.2. The van der Waals surface area contributed by atoms with Crippen molar-refractivity contribution in [2.24, 2.45) is 20.6 Å². The van der Waals surface area contributed by atoms with Crippen LogP contribution in [-0.2, 0) is 32.9 Å². The minimum absolute atomic E-state index is 0.357. The Kier molecular flexibility index (Phi) is 11.7. The molecule has 0 bridgehead atoms. The zero-order chi connectivity index (χ0) is 37.9. The first kappa shape index (κ1) is 39.3. The highest BCUT2D eigenvalue weighted by Gasteiger charge is 2.37. The molecule has 4 aromatic rings. The fraction of sp³-hybridized carbons (Fsp3) is 0.381. The summed E-state index contributed by atoms with van der Waals surface area (Å²) in [5.74, 6) is -0.714. The third-order valence-electron chi connectivity index (χ3n) is 9.77. The number of rotatable bonds is 6. The zero-order valence-corrected chi connectivity index (χ0v) is 32.4. The van der Waals surface area contributed by atoms with Crippen LogP contribution in [0.25, 0.3) is 0 Å². The number of aliphatic hydroxyl groups is 2. The van der Waals surface area contributed by atoms with Crippen molar-refractivity contribution in [3.63, 3.8) is 0 Å². The average molecular weight is 743 g/mol. The van der Waals surface area contributed by atoms with Crippen molar-refractivity contribution in [3.8, 4) is 0 Å². The fourth-order valence-corrected chi connectivity index (χ4v) is 7.95. The van der Waals surface area contributed by atoms with Gasteiger partial charge in [-0.2, -0.15) is 8.80 Å². The second kappa shape index (κ2) is 15.6. The number of nitrogens with zero attached hydrogens (tertiary/aromatic N) is 2. The Labute approximate surface area is 309 Å². The number of hydrogen-bond acceptors (Lipinski definition) is 6. The first-order valence-corrected chi connectivity index (χ1v) is 20.6. The average Bonchev–Trinajstić information content (AvgIpc) is 3.11. The molecule has 0 spiro atoms. The Balaban J connectivity index is 0.000000201. The highest BCUT2D eigenvalue weighted by Crippen LogP contribution is 2.37. The van der Waals surface area contributed by atoms with E-state index >= 15 is 0 Å². The van der Waals surface area contributed by atoms with Gasteiger partial charge in [0.05, 0.1) is 33.1 Å². The van der Waals surface area contributed by atoms with E-state index in [2.05, 4.69) is 8.80 Å². The van der Waals surface area contributed by atoms with E-state index in [0.717, 1.165) is 46.2 Å². The maximum absolute atomic E-state index is 12.8. The SMILES string of the molecule is CC(C)(C)S(=O)(=O)/N=C1/c2ccccc2CC[C@@H]1[C@H](O)c1ccccc1.CC(C)(C)S(=O)(=O)/N=C1/c2ccccc2CC[C@H]1[C@@H](O)c1ccccc1. The molecule has 8 nitrogen and oxygen atoms in total. The lowest BCUT2D eigenvalue weighted by atomic mass is 9.78. The molecule has 2 aliphatic rings. The first-order valence-electron chi connectivity index (χ1n) is 17.7. The molecule has 52 heavy (non-hydrogen) atoms. The van der Waals surface area contributed by atoms with E-state index in [9.17, 15) is 27.0 Å². The largest absolute Gasteiger partial charge is 0.388 e. The summed E-state index contributed by atoms with van der Waals surface area (Å²) in [5.41, 5.74) is 6.29.